The second-order valence-electron chi connectivity index (χ2n) is 5.40. The Morgan fingerprint density at radius 3 is 3.04 bits per heavy atom. The SMILES string of the molecule is COc1ccc(Cl)cc1-c1nc(SCC(=O)N[C@H](C)c2ccco2)n[nH]1. The molecule has 136 valence electrons. The number of aromatic nitrogens is 3. The van der Waals surface area contributed by atoms with Gasteiger partial charge < -0.3 is 14.5 Å². The standard InChI is InChI=1S/C17H17ClN4O3S/c1-10(13-4-3-7-25-13)19-15(23)9-26-17-20-16(21-22-17)12-8-11(18)5-6-14(12)24-2/h3-8,10H,9H2,1-2H3,(H,19,23)(H,20,21,22)/t10-/m1/s1. The second kappa shape index (κ2) is 8.29. The van der Waals surface area contributed by atoms with Crippen molar-refractivity contribution in [1.29, 1.82) is 0 Å². The van der Waals surface area contributed by atoms with E-state index in [1.54, 1.807) is 37.6 Å². The lowest BCUT2D eigenvalue weighted by Gasteiger charge is -2.10. The number of nitrogens with zero attached hydrogens (tertiary/aromatic N) is 2. The highest BCUT2D eigenvalue weighted by molar-refractivity contribution is 7.99. The van der Waals surface area contributed by atoms with Gasteiger partial charge in [0, 0.05) is 5.02 Å². The van der Waals surface area contributed by atoms with Gasteiger partial charge in [0.1, 0.15) is 11.5 Å². The molecule has 26 heavy (non-hydrogen) atoms. The Kier molecular flexibility index (Phi) is 5.85. The van der Waals surface area contributed by atoms with Gasteiger partial charge in [-0.3, -0.25) is 9.89 Å². The molecule has 0 fully saturated rings. The van der Waals surface area contributed by atoms with Gasteiger partial charge in [0.05, 0.1) is 30.7 Å². The number of H-pyrrole nitrogens is 1. The fourth-order valence-corrected chi connectivity index (χ4v) is 3.10. The Bertz CT molecular complexity index is 882. The first-order valence-corrected chi connectivity index (χ1v) is 9.15. The zero-order chi connectivity index (χ0) is 18.5. The van der Waals surface area contributed by atoms with Crippen LogP contribution >= 0.6 is 23.4 Å². The van der Waals surface area contributed by atoms with Gasteiger partial charge in [-0.2, -0.15) is 0 Å². The number of thioether (sulfide) groups is 1. The monoisotopic (exact) mass is 392 g/mol. The quantitative estimate of drug-likeness (QED) is 0.595. The average molecular weight is 393 g/mol. The molecule has 0 spiro atoms. The number of carbonyl (C=O) groups is 1. The molecule has 0 saturated carbocycles. The first-order chi connectivity index (χ1) is 12.6. The van der Waals surface area contributed by atoms with E-state index in [-0.39, 0.29) is 17.7 Å². The van der Waals surface area contributed by atoms with Crippen molar-refractivity contribution in [3.8, 4) is 17.1 Å². The number of benzene rings is 1. The van der Waals surface area contributed by atoms with E-state index < -0.39 is 0 Å². The number of rotatable bonds is 7. The summed E-state index contributed by atoms with van der Waals surface area (Å²) >= 11 is 7.27. The van der Waals surface area contributed by atoms with Crippen molar-refractivity contribution in [2.24, 2.45) is 0 Å². The third-order valence-electron chi connectivity index (χ3n) is 3.56. The average Bonchev–Trinajstić information content (AvgIpc) is 3.32. The predicted octanol–water partition coefficient (Wildman–Crippen LogP) is 3.70. The van der Waals surface area contributed by atoms with Crippen LogP contribution in [-0.2, 0) is 4.79 Å². The normalized spacial score (nSPS) is 12.0. The van der Waals surface area contributed by atoms with Crippen LogP contribution in [0.2, 0.25) is 5.02 Å². The van der Waals surface area contributed by atoms with Gasteiger partial charge in [0.15, 0.2) is 5.82 Å². The van der Waals surface area contributed by atoms with Gasteiger partial charge in [0.25, 0.3) is 0 Å². The number of carbonyl (C=O) groups excluding carboxylic acids is 1. The Balaban J connectivity index is 1.60. The molecule has 3 rings (SSSR count). The van der Waals surface area contributed by atoms with E-state index >= 15 is 0 Å². The maximum Gasteiger partial charge on any atom is 0.231 e. The van der Waals surface area contributed by atoms with E-state index in [2.05, 4.69) is 20.5 Å². The number of aromatic amines is 1. The summed E-state index contributed by atoms with van der Waals surface area (Å²) in [4.78, 5) is 16.5. The number of furan rings is 1. The van der Waals surface area contributed by atoms with Gasteiger partial charge in [0.2, 0.25) is 11.1 Å². The van der Waals surface area contributed by atoms with Crippen LogP contribution in [0.5, 0.6) is 5.75 Å². The maximum atomic E-state index is 12.1. The lowest BCUT2D eigenvalue weighted by atomic mass is 10.2. The van der Waals surface area contributed by atoms with Crippen LogP contribution in [-0.4, -0.2) is 34.0 Å². The third-order valence-corrected chi connectivity index (χ3v) is 4.64. The number of ether oxygens (including phenoxy) is 1. The fraction of sp³-hybridized carbons (Fsp3) is 0.235. The van der Waals surface area contributed by atoms with E-state index in [4.69, 9.17) is 20.8 Å². The number of amides is 1. The van der Waals surface area contributed by atoms with Crippen molar-refractivity contribution in [3.05, 3.63) is 47.4 Å². The summed E-state index contributed by atoms with van der Waals surface area (Å²) < 4.78 is 10.6. The van der Waals surface area contributed by atoms with Crippen molar-refractivity contribution < 1.29 is 13.9 Å². The Morgan fingerprint density at radius 1 is 1.46 bits per heavy atom. The lowest BCUT2D eigenvalue weighted by Crippen LogP contribution is -2.27. The number of halogens is 1. The highest BCUT2D eigenvalue weighted by Gasteiger charge is 2.15. The molecule has 0 bridgehead atoms. The molecule has 9 heteroatoms. The fourth-order valence-electron chi connectivity index (χ4n) is 2.32. The number of nitrogens with one attached hydrogen (secondary N) is 2. The summed E-state index contributed by atoms with van der Waals surface area (Å²) in [7, 11) is 1.57. The molecule has 0 radical (unpaired) electrons. The van der Waals surface area contributed by atoms with Crippen molar-refractivity contribution in [2.45, 2.75) is 18.1 Å². The summed E-state index contributed by atoms with van der Waals surface area (Å²) in [5.41, 5.74) is 0.704. The van der Waals surface area contributed by atoms with Crippen molar-refractivity contribution in [3.63, 3.8) is 0 Å². The Morgan fingerprint density at radius 2 is 2.31 bits per heavy atom. The second-order valence-corrected chi connectivity index (χ2v) is 6.78. The van der Waals surface area contributed by atoms with E-state index in [1.165, 1.54) is 11.8 Å². The molecule has 3 aromatic rings. The summed E-state index contributed by atoms with van der Waals surface area (Å²) in [6.07, 6.45) is 1.58. The largest absolute Gasteiger partial charge is 0.496 e. The summed E-state index contributed by atoms with van der Waals surface area (Å²) in [5.74, 6) is 1.92. The van der Waals surface area contributed by atoms with Gasteiger partial charge in [-0.1, -0.05) is 23.4 Å². The van der Waals surface area contributed by atoms with E-state index in [9.17, 15) is 4.79 Å². The highest BCUT2D eigenvalue weighted by Crippen LogP contribution is 2.31. The van der Waals surface area contributed by atoms with Crippen LogP contribution in [0.25, 0.3) is 11.4 Å². The van der Waals surface area contributed by atoms with Gasteiger partial charge in [-0.15, -0.1) is 5.10 Å². The van der Waals surface area contributed by atoms with Crippen LogP contribution < -0.4 is 10.1 Å². The summed E-state index contributed by atoms with van der Waals surface area (Å²) in [5, 5.41) is 10.9. The minimum absolute atomic E-state index is 0.134. The molecule has 0 aliphatic rings. The van der Waals surface area contributed by atoms with Crippen LogP contribution in [0.3, 0.4) is 0 Å². The molecule has 2 aromatic heterocycles. The zero-order valence-corrected chi connectivity index (χ0v) is 15.7. The summed E-state index contributed by atoms with van der Waals surface area (Å²) in [6.45, 7) is 1.86. The van der Waals surface area contributed by atoms with Gasteiger partial charge in [-0.05, 0) is 37.3 Å². The van der Waals surface area contributed by atoms with Crippen LogP contribution in [0.1, 0.15) is 18.7 Å². The van der Waals surface area contributed by atoms with E-state index in [1.807, 2.05) is 13.0 Å². The van der Waals surface area contributed by atoms with Crippen LogP contribution in [0, 0.1) is 0 Å². The third kappa shape index (κ3) is 4.39. The summed E-state index contributed by atoms with van der Waals surface area (Å²) in [6, 6.07) is 8.64. The minimum Gasteiger partial charge on any atom is -0.496 e. The number of methoxy groups -OCH3 is 1. The van der Waals surface area contributed by atoms with E-state index in [0.717, 1.165) is 0 Å². The van der Waals surface area contributed by atoms with Crippen LogP contribution in [0.4, 0.5) is 0 Å². The lowest BCUT2D eigenvalue weighted by molar-refractivity contribution is -0.119. The van der Waals surface area contributed by atoms with Crippen molar-refractivity contribution >= 4 is 29.3 Å². The van der Waals surface area contributed by atoms with Gasteiger partial charge in [-0.25, -0.2) is 4.98 Å². The van der Waals surface area contributed by atoms with Crippen molar-refractivity contribution in [1.82, 2.24) is 20.5 Å². The first-order valence-electron chi connectivity index (χ1n) is 7.78. The molecule has 1 aromatic carbocycles. The number of hydrogen-bond acceptors (Lipinski definition) is 6. The Labute approximate surface area is 159 Å². The molecule has 7 nitrogen and oxygen atoms in total. The Hall–Kier alpha value is -2.45. The van der Waals surface area contributed by atoms with Crippen LogP contribution in [0.15, 0.2) is 46.2 Å². The molecule has 1 atom stereocenters. The molecule has 0 unspecified atom stereocenters. The topological polar surface area (TPSA) is 93.0 Å². The van der Waals surface area contributed by atoms with Gasteiger partial charge >= 0.3 is 0 Å². The zero-order valence-electron chi connectivity index (χ0n) is 14.2. The maximum absolute atomic E-state index is 12.1. The highest BCUT2D eigenvalue weighted by atomic mass is 35.5. The molecular formula is C17H17ClN4O3S. The minimum atomic E-state index is -0.198. The first kappa shape index (κ1) is 18.3. The predicted molar refractivity (Wildman–Crippen MR) is 99.4 cm³/mol. The molecular weight excluding hydrogens is 376 g/mol. The molecule has 0 aliphatic carbocycles. The molecule has 0 saturated heterocycles. The molecule has 2 heterocycles. The molecule has 0 aliphatic heterocycles. The number of hydrogen-bond donors (Lipinski definition) is 2. The smallest absolute Gasteiger partial charge is 0.231 e. The molecule has 2 N–H and O–H groups in total. The molecule has 1 amide bonds. The van der Waals surface area contributed by atoms with E-state index in [0.29, 0.717) is 33.1 Å². The van der Waals surface area contributed by atoms with Crippen molar-refractivity contribution in [2.75, 3.05) is 12.9 Å².